The van der Waals surface area contributed by atoms with Gasteiger partial charge in [-0.25, -0.2) is 4.79 Å². The molecule has 1 fully saturated rings. The normalized spacial score (nSPS) is 17.2. The van der Waals surface area contributed by atoms with E-state index < -0.39 is 0 Å². The molecule has 1 aliphatic rings. The van der Waals surface area contributed by atoms with E-state index in [1.54, 1.807) is 13.2 Å². The van der Waals surface area contributed by atoms with Gasteiger partial charge in [-0.15, -0.1) is 0 Å². The Kier molecular flexibility index (Phi) is 7.12. The number of rotatable bonds is 8. The van der Waals surface area contributed by atoms with Crippen LogP contribution in [0.3, 0.4) is 0 Å². The highest BCUT2D eigenvalue weighted by molar-refractivity contribution is 5.94. The lowest BCUT2D eigenvalue weighted by atomic mass is 10.0. The molecule has 5 nitrogen and oxygen atoms in total. The highest BCUT2D eigenvalue weighted by Crippen LogP contribution is 2.32. The second-order valence-corrected chi connectivity index (χ2v) is 5.85. The number of methoxy groups -OCH3 is 2. The fourth-order valence-corrected chi connectivity index (χ4v) is 2.69. The molecule has 0 aromatic heterocycles. The van der Waals surface area contributed by atoms with Gasteiger partial charge in [0.25, 0.3) is 0 Å². The number of carbonyl (C=O) groups is 1. The molecule has 1 atom stereocenters. The first-order valence-electron chi connectivity index (χ1n) is 8.54. The largest absolute Gasteiger partial charge is 0.493 e. The van der Waals surface area contributed by atoms with Crippen LogP contribution in [0, 0.1) is 0 Å². The highest BCUT2D eigenvalue weighted by atomic mass is 16.5. The van der Waals surface area contributed by atoms with Gasteiger partial charge in [-0.05, 0) is 43.5 Å². The van der Waals surface area contributed by atoms with E-state index in [4.69, 9.17) is 14.2 Å². The average Bonchev–Trinajstić information content (AvgIpc) is 3.13. The van der Waals surface area contributed by atoms with Crippen molar-refractivity contribution in [2.45, 2.75) is 38.6 Å². The molecule has 24 heavy (non-hydrogen) atoms. The third-order valence-corrected chi connectivity index (χ3v) is 4.10. The number of hydrogen-bond donors (Lipinski definition) is 1. The minimum Gasteiger partial charge on any atom is -0.493 e. The van der Waals surface area contributed by atoms with Crippen LogP contribution in [0.1, 0.15) is 48.5 Å². The van der Waals surface area contributed by atoms with Crippen molar-refractivity contribution < 1.29 is 19.0 Å². The number of ether oxygens (including phenoxy) is 3. The minimum atomic E-state index is -0.382. The SMILES string of the molecule is CCCCOc1cc(/C=C\[C@@H]2CCCN2)c(C(=O)OC)cc1OC. The van der Waals surface area contributed by atoms with E-state index >= 15 is 0 Å². The summed E-state index contributed by atoms with van der Waals surface area (Å²) in [6, 6.07) is 3.89. The van der Waals surface area contributed by atoms with E-state index in [2.05, 4.69) is 18.3 Å². The third-order valence-electron chi connectivity index (χ3n) is 4.10. The molecule has 5 heteroatoms. The Balaban J connectivity index is 2.31. The Morgan fingerprint density at radius 3 is 2.79 bits per heavy atom. The Labute approximate surface area is 144 Å². The molecule has 0 radical (unpaired) electrons. The predicted molar refractivity (Wildman–Crippen MR) is 94.8 cm³/mol. The maximum Gasteiger partial charge on any atom is 0.338 e. The van der Waals surface area contributed by atoms with Crippen LogP contribution in [0.25, 0.3) is 6.08 Å². The Bertz CT molecular complexity index is 577. The molecular weight excluding hydrogens is 306 g/mol. The zero-order chi connectivity index (χ0) is 17.4. The van der Waals surface area contributed by atoms with E-state index in [0.29, 0.717) is 29.7 Å². The lowest BCUT2D eigenvalue weighted by Crippen LogP contribution is -2.18. The first-order valence-corrected chi connectivity index (χ1v) is 8.54. The molecule has 1 saturated heterocycles. The van der Waals surface area contributed by atoms with Crippen molar-refractivity contribution >= 4 is 12.0 Å². The minimum absolute atomic E-state index is 0.349. The molecule has 0 aliphatic carbocycles. The van der Waals surface area contributed by atoms with Crippen LogP contribution in [-0.4, -0.2) is 39.4 Å². The summed E-state index contributed by atoms with van der Waals surface area (Å²) in [5.74, 6) is 0.813. The number of hydrogen-bond acceptors (Lipinski definition) is 5. The Hall–Kier alpha value is -2.01. The van der Waals surface area contributed by atoms with Crippen LogP contribution in [-0.2, 0) is 4.74 Å². The van der Waals surface area contributed by atoms with Gasteiger partial charge in [-0.2, -0.15) is 0 Å². The molecule has 1 heterocycles. The summed E-state index contributed by atoms with van der Waals surface area (Å²) in [7, 11) is 2.95. The maximum atomic E-state index is 12.1. The summed E-state index contributed by atoms with van der Waals surface area (Å²) < 4.78 is 16.1. The monoisotopic (exact) mass is 333 g/mol. The van der Waals surface area contributed by atoms with Crippen LogP contribution >= 0.6 is 0 Å². The van der Waals surface area contributed by atoms with Crippen molar-refractivity contribution in [3.63, 3.8) is 0 Å². The number of unbranched alkanes of at least 4 members (excludes halogenated alkanes) is 1. The number of carbonyl (C=O) groups excluding carboxylic acids is 1. The van der Waals surface area contributed by atoms with Crippen LogP contribution < -0.4 is 14.8 Å². The van der Waals surface area contributed by atoms with Crippen molar-refractivity contribution in [3.8, 4) is 11.5 Å². The van der Waals surface area contributed by atoms with E-state index in [0.717, 1.165) is 31.4 Å². The number of benzene rings is 1. The summed E-state index contributed by atoms with van der Waals surface area (Å²) in [4.78, 5) is 12.1. The van der Waals surface area contributed by atoms with Crippen LogP contribution in [0.5, 0.6) is 11.5 Å². The molecule has 0 amide bonds. The van der Waals surface area contributed by atoms with Crippen molar-refractivity contribution in [1.82, 2.24) is 5.32 Å². The van der Waals surface area contributed by atoms with Crippen molar-refractivity contribution in [3.05, 3.63) is 29.3 Å². The van der Waals surface area contributed by atoms with Gasteiger partial charge in [-0.1, -0.05) is 25.5 Å². The molecular formula is C19H27NO4. The molecule has 0 spiro atoms. The van der Waals surface area contributed by atoms with E-state index in [1.807, 2.05) is 12.1 Å². The van der Waals surface area contributed by atoms with Gasteiger partial charge in [0.15, 0.2) is 11.5 Å². The summed E-state index contributed by atoms with van der Waals surface area (Å²) >= 11 is 0. The fourth-order valence-electron chi connectivity index (χ4n) is 2.69. The summed E-state index contributed by atoms with van der Waals surface area (Å²) in [5.41, 5.74) is 1.26. The van der Waals surface area contributed by atoms with E-state index in [-0.39, 0.29) is 5.97 Å². The van der Waals surface area contributed by atoms with Gasteiger partial charge >= 0.3 is 5.97 Å². The Morgan fingerprint density at radius 1 is 1.33 bits per heavy atom. The van der Waals surface area contributed by atoms with Crippen LogP contribution in [0.2, 0.25) is 0 Å². The number of esters is 1. The van der Waals surface area contributed by atoms with Crippen molar-refractivity contribution in [2.75, 3.05) is 27.4 Å². The van der Waals surface area contributed by atoms with Gasteiger partial charge in [0.1, 0.15) is 0 Å². The van der Waals surface area contributed by atoms with Gasteiger partial charge in [0.05, 0.1) is 26.4 Å². The molecule has 0 saturated carbocycles. The van der Waals surface area contributed by atoms with Gasteiger partial charge in [-0.3, -0.25) is 0 Å². The lowest BCUT2D eigenvalue weighted by molar-refractivity contribution is 0.0600. The van der Waals surface area contributed by atoms with E-state index in [1.165, 1.54) is 13.5 Å². The lowest BCUT2D eigenvalue weighted by Gasteiger charge is -2.14. The van der Waals surface area contributed by atoms with Gasteiger partial charge in [0, 0.05) is 6.04 Å². The Morgan fingerprint density at radius 2 is 2.17 bits per heavy atom. The zero-order valence-corrected chi connectivity index (χ0v) is 14.8. The van der Waals surface area contributed by atoms with Crippen LogP contribution in [0.4, 0.5) is 0 Å². The summed E-state index contributed by atoms with van der Waals surface area (Å²) in [5, 5.41) is 3.41. The predicted octanol–water partition coefficient (Wildman–Crippen LogP) is 3.43. The smallest absolute Gasteiger partial charge is 0.338 e. The molecule has 0 unspecified atom stereocenters. The number of nitrogens with one attached hydrogen (secondary N) is 1. The molecule has 1 aliphatic heterocycles. The second kappa shape index (κ2) is 9.33. The summed E-state index contributed by atoms with van der Waals surface area (Å²) in [6.07, 6.45) is 8.37. The molecule has 132 valence electrons. The maximum absolute atomic E-state index is 12.1. The molecule has 1 aromatic carbocycles. The van der Waals surface area contributed by atoms with Crippen LogP contribution in [0.15, 0.2) is 18.2 Å². The fraction of sp³-hybridized carbons (Fsp3) is 0.526. The average molecular weight is 333 g/mol. The zero-order valence-electron chi connectivity index (χ0n) is 14.8. The second-order valence-electron chi connectivity index (χ2n) is 5.85. The molecule has 2 rings (SSSR count). The summed E-state index contributed by atoms with van der Waals surface area (Å²) in [6.45, 7) is 3.77. The molecule has 1 N–H and O–H groups in total. The first kappa shape index (κ1) is 18.3. The van der Waals surface area contributed by atoms with Gasteiger partial charge < -0.3 is 19.5 Å². The van der Waals surface area contributed by atoms with Crippen molar-refractivity contribution in [2.24, 2.45) is 0 Å². The molecule has 1 aromatic rings. The van der Waals surface area contributed by atoms with E-state index in [9.17, 15) is 4.79 Å². The molecule has 0 bridgehead atoms. The standard InChI is InChI=1S/C19H27NO4/c1-4-5-11-24-18-12-14(8-9-15-7-6-10-20-15)16(19(21)23-3)13-17(18)22-2/h8-9,12-13,15,20H,4-7,10-11H2,1-3H3/b9-8-/t15-/m0/s1. The van der Waals surface area contributed by atoms with Crippen molar-refractivity contribution in [1.29, 1.82) is 0 Å². The third kappa shape index (κ3) is 4.74. The highest BCUT2D eigenvalue weighted by Gasteiger charge is 2.17. The first-order chi connectivity index (χ1) is 11.7. The quantitative estimate of drug-likeness (QED) is 0.583. The topological polar surface area (TPSA) is 56.8 Å². The van der Waals surface area contributed by atoms with Gasteiger partial charge in [0.2, 0.25) is 0 Å².